The Bertz CT molecular complexity index is 542. The minimum atomic E-state index is -0.0285. The first kappa shape index (κ1) is 15.8. The normalized spacial score (nSPS) is 13.3. The summed E-state index contributed by atoms with van der Waals surface area (Å²) < 4.78 is 6.04. The van der Waals surface area contributed by atoms with Crippen molar-refractivity contribution in [3.8, 4) is 0 Å². The number of hydrogen-bond acceptors (Lipinski definition) is 2. The topological polar surface area (TPSA) is 25.2 Å². The van der Waals surface area contributed by atoms with Crippen LogP contribution < -0.4 is 5.32 Å². The molecule has 114 valence electrons. The summed E-state index contributed by atoms with van der Waals surface area (Å²) in [6, 6.07) is 15.1. The molecule has 0 aliphatic carbocycles. The number of rotatable bonds is 7. The van der Waals surface area contributed by atoms with E-state index in [1.165, 1.54) is 5.56 Å². The molecule has 0 spiro atoms. The minimum absolute atomic E-state index is 0.0285. The molecular weight excluding hydrogens is 258 g/mol. The van der Waals surface area contributed by atoms with Gasteiger partial charge in [0.15, 0.2) is 0 Å². The van der Waals surface area contributed by atoms with Gasteiger partial charge in [0.25, 0.3) is 0 Å². The molecule has 2 rings (SSSR count). The Morgan fingerprint density at radius 1 is 1.05 bits per heavy atom. The van der Waals surface area contributed by atoms with E-state index in [4.69, 9.17) is 4.42 Å². The third-order valence-corrected chi connectivity index (χ3v) is 4.15. The summed E-state index contributed by atoms with van der Waals surface area (Å²) in [4.78, 5) is 0. The summed E-state index contributed by atoms with van der Waals surface area (Å²) in [5, 5.41) is 3.67. The number of nitrogens with one attached hydrogen (secondary N) is 1. The fourth-order valence-corrected chi connectivity index (χ4v) is 2.77. The summed E-state index contributed by atoms with van der Waals surface area (Å²) in [5.41, 5.74) is 1.30. The molecule has 0 fully saturated rings. The van der Waals surface area contributed by atoms with Gasteiger partial charge in [-0.25, -0.2) is 0 Å². The molecule has 1 atom stereocenters. The van der Waals surface area contributed by atoms with Crippen molar-refractivity contribution in [3.05, 3.63) is 59.5 Å². The second kappa shape index (κ2) is 6.95. The molecule has 1 aromatic heterocycles. The van der Waals surface area contributed by atoms with E-state index < -0.39 is 0 Å². The van der Waals surface area contributed by atoms with Crippen molar-refractivity contribution in [1.29, 1.82) is 0 Å². The predicted octanol–water partition coefficient (Wildman–Crippen LogP) is 4.86. The molecule has 1 unspecified atom stereocenters. The van der Waals surface area contributed by atoms with E-state index in [0.29, 0.717) is 0 Å². The quantitative estimate of drug-likeness (QED) is 0.786. The monoisotopic (exact) mass is 285 g/mol. The molecule has 0 saturated heterocycles. The van der Waals surface area contributed by atoms with Crippen LogP contribution in [-0.2, 0) is 11.8 Å². The zero-order valence-electron chi connectivity index (χ0n) is 13.6. The van der Waals surface area contributed by atoms with Gasteiger partial charge in [0.1, 0.15) is 11.5 Å². The van der Waals surface area contributed by atoms with Gasteiger partial charge in [-0.2, -0.15) is 0 Å². The lowest BCUT2D eigenvalue weighted by molar-refractivity contribution is 0.292. The fourth-order valence-electron chi connectivity index (χ4n) is 2.77. The van der Waals surface area contributed by atoms with Gasteiger partial charge >= 0.3 is 0 Å². The Morgan fingerprint density at radius 2 is 1.76 bits per heavy atom. The van der Waals surface area contributed by atoms with Crippen molar-refractivity contribution in [2.75, 3.05) is 6.54 Å². The second-order valence-corrected chi connectivity index (χ2v) is 6.13. The van der Waals surface area contributed by atoms with Gasteiger partial charge in [-0.1, -0.05) is 58.0 Å². The van der Waals surface area contributed by atoms with Gasteiger partial charge in [0.05, 0.1) is 6.04 Å². The van der Waals surface area contributed by atoms with Crippen LogP contribution in [0.3, 0.4) is 0 Å². The number of benzene rings is 1. The van der Waals surface area contributed by atoms with Gasteiger partial charge < -0.3 is 9.73 Å². The first-order chi connectivity index (χ1) is 10.1. The summed E-state index contributed by atoms with van der Waals surface area (Å²) >= 11 is 0. The molecule has 0 saturated carbocycles. The maximum atomic E-state index is 6.04. The lowest BCUT2D eigenvalue weighted by Crippen LogP contribution is -2.37. The van der Waals surface area contributed by atoms with E-state index in [1.54, 1.807) is 0 Å². The average Bonchev–Trinajstić information content (AvgIpc) is 2.97. The van der Waals surface area contributed by atoms with Gasteiger partial charge in [-0.15, -0.1) is 0 Å². The number of furan rings is 1. The average molecular weight is 285 g/mol. The zero-order valence-corrected chi connectivity index (χ0v) is 13.6. The van der Waals surface area contributed by atoms with Gasteiger partial charge in [0, 0.05) is 11.8 Å². The molecule has 21 heavy (non-hydrogen) atoms. The van der Waals surface area contributed by atoms with Crippen LogP contribution >= 0.6 is 0 Å². The van der Waals surface area contributed by atoms with E-state index in [1.807, 2.05) is 0 Å². The van der Waals surface area contributed by atoms with Crippen LogP contribution in [0, 0.1) is 0 Å². The molecule has 2 nitrogen and oxygen atoms in total. The molecule has 2 aromatic rings. The molecule has 0 bridgehead atoms. The fraction of sp³-hybridized carbons (Fsp3) is 0.474. The highest BCUT2D eigenvalue weighted by molar-refractivity contribution is 5.29. The SMILES string of the molecule is CCCNC(c1ccc(CC)o1)C(C)(C)c1ccccc1. The number of hydrogen-bond donors (Lipinski definition) is 1. The van der Waals surface area contributed by atoms with E-state index >= 15 is 0 Å². The summed E-state index contributed by atoms with van der Waals surface area (Å²) in [7, 11) is 0. The Balaban J connectivity index is 2.34. The smallest absolute Gasteiger partial charge is 0.121 e. The zero-order chi connectivity index (χ0) is 15.3. The Hall–Kier alpha value is -1.54. The van der Waals surface area contributed by atoms with Crippen molar-refractivity contribution in [3.63, 3.8) is 0 Å². The molecule has 1 heterocycles. The van der Waals surface area contributed by atoms with Crippen LogP contribution in [0.5, 0.6) is 0 Å². The molecule has 1 N–H and O–H groups in total. The first-order valence-corrected chi connectivity index (χ1v) is 7.97. The van der Waals surface area contributed by atoms with Gasteiger partial charge in [-0.3, -0.25) is 0 Å². The largest absolute Gasteiger partial charge is 0.464 e. The van der Waals surface area contributed by atoms with Crippen LogP contribution in [0.2, 0.25) is 0 Å². The first-order valence-electron chi connectivity index (χ1n) is 7.97. The molecular formula is C19H27NO. The predicted molar refractivity (Wildman–Crippen MR) is 88.6 cm³/mol. The molecule has 2 heteroatoms. The standard InChI is InChI=1S/C19H27NO/c1-5-14-20-18(17-13-12-16(6-2)21-17)19(3,4)15-10-8-7-9-11-15/h7-13,18,20H,5-6,14H2,1-4H3. The Labute approximate surface area is 128 Å². The third kappa shape index (κ3) is 3.56. The highest BCUT2D eigenvalue weighted by Gasteiger charge is 2.34. The maximum absolute atomic E-state index is 6.04. The van der Waals surface area contributed by atoms with Crippen LogP contribution in [0.4, 0.5) is 0 Å². The van der Waals surface area contributed by atoms with Crippen molar-refractivity contribution in [2.24, 2.45) is 0 Å². The molecule has 0 radical (unpaired) electrons. The van der Waals surface area contributed by atoms with Crippen LogP contribution in [0.25, 0.3) is 0 Å². The van der Waals surface area contributed by atoms with Crippen molar-refractivity contribution in [1.82, 2.24) is 5.32 Å². The Morgan fingerprint density at radius 3 is 2.33 bits per heavy atom. The summed E-state index contributed by atoms with van der Waals surface area (Å²) in [5.74, 6) is 2.09. The van der Waals surface area contributed by atoms with Gasteiger partial charge in [-0.05, 0) is 30.7 Å². The van der Waals surface area contributed by atoms with Crippen molar-refractivity contribution >= 4 is 0 Å². The van der Waals surface area contributed by atoms with E-state index in [0.717, 1.165) is 30.9 Å². The number of aryl methyl sites for hydroxylation is 1. The Kier molecular flexibility index (Phi) is 5.24. The molecule has 0 aliphatic heterocycles. The van der Waals surface area contributed by atoms with Crippen LogP contribution in [0.1, 0.15) is 57.2 Å². The lowest BCUT2D eigenvalue weighted by atomic mass is 9.76. The summed E-state index contributed by atoms with van der Waals surface area (Å²) in [6.45, 7) is 9.87. The second-order valence-electron chi connectivity index (χ2n) is 6.13. The maximum Gasteiger partial charge on any atom is 0.121 e. The summed E-state index contributed by atoms with van der Waals surface area (Å²) in [6.07, 6.45) is 2.05. The van der Waals surface area contributed by atoms with E-state index in [9.17, 15) is 0 Å². The molecule has 0 amide bonds. The van der Waals surface area contributed by atoms with Crippen molar-refractivity contribution in [2.45, 2.75) is 52.0 Å². The van der Waals surface area contributed by atoms with E-state index in [2.05, 4.69) is 75.5 Å². The van der Waals surface area contributed by atoms with Gasteiger partial charge in [0.2, 0.25) is 0 Å². The lowest BCUT2D eigenvalue weighted by Gasteiger charge is -2.34. The highest BCUT2D eigenvalue weighted by atomic mass is 16.3. The van der Waals surface area contributed by atoms with E-state index in [-0.39, 0.29) is 11.5 Å². The highest BCUT2D eigenvalue weighted by Crippen LogP contribution is 2.37. The van der Waals surface area contributed by atoms with Crippen molar-refractivity contribution < 1.29 is 4.42 Å². The molecule has 1 aromatic carbocycles. The minimum Gasteiger partial charge on any atom is -0.464 e. The third-order valence-electron chi connectivity index (χ3n) is 4.15. The molecule has 0 aliphatic rings. The van der Waals surface area contributed by atoms with Crippen LogP contribution in [0.15, 0.2) is 46.9 Å². The van der Waals surface area contributed by atoms with Crippen LogP contribution in [-0.4, -0.2) is 6.54 Å².